The molecule has 0 aromatic heterocycles. The van der Waals surface area contributed by atoms with Crippen molar-refractivity contribution in [1.82, 2.24) is 0 Å². The van der Waals surface area contributed by atoms with Crippen molar-refractivity contribution in [2.75, 3.05) is 6.61 Å². The van der Waals surface area contributed by atoms with Crippen LogP contribution in [0.2, 0.25) is 0 Å². The summed E-state index contributed by atoms with van der Waals surface area (Å²) in [7, 11) is 0. The number of hydrogen-bond donors (Lipinski definition) is 0. The van der Waals surface area contributed by atoms with E-state index < -0.39 is 0 Å². The van der Waals surface area contributed by atoms with Crippen molar-refractivity contribution in [3.63, 3.8) is 0 Å². The molecule has 0 atom stereocenters. The molecule has 0 bridgehead atoms. The van der Waals surface area contributed by atoms with E-state index in [1.165, 1.54) is 11.1 Å². The van der Waals surface area contributed by atoms with Gasteiger partial charge in [0.2, 0.25) is 0 Å². The molecule has 2 aromatic rings. The summed E-state index contributed by atoms with van der Waals surface area (Å²) in [5.41, 5.74) is 3.77. The Labute approximate surface area is 121 Å². The summed E-state index contributed by atoms with van der Waals surface area (Å²) in [5, 5.41) is 0. The van der Waals surface area contributed by atoms with E-state index in [1.807, 2.05) is 0 Å². The third-order valence-electron chi connectivity index (χ3n) is 3.75. The van der Waals surface area contributed by atoms with Gasteiger partial charge >= 0.3 is 0 Å². The lowest BCUT2D eigenvalue weighted by molar-refractivity contribution is 0.360. The zero-order valence-corrected chi connectivity index (χ0v) is 12.5. The number of ether oxygens (including phenoxy) is 1. The maximum absolute atomic E-state index is 5.64. The summed E-state index contributed by atoms with van der Waals surface area (Å²) >= 11 is 0. The van der Waals surface area contributed by atoms with Crippen molar-refractivity contribution in [3.8, 4) is 5.75 Å². The fraction of sp³-hybridized carbons (Fsp3) is 0.263. The van der Waals surface area contributed by atoms with Crippen molar-refractivity contribution in [1.29, 1.82) is 0 Å². The van der Waals surface area contributed by atoms with Crippen LogP contribution in [0.25, 0.3) is 0 Å². The van der Waals surface area contributed by atoms with E-state index in [9.17, 15) is 0 Å². The van der Waals surface area contributed by atoms with Crippen LogP contribution in [0.4, 0.5) is 0 Å². The molecule has 2 aromatic carbocycles. The first kappa shape index (κ1) is 14.4. The highest BCUT2D eigenvalue weighted by Crippen LogP contribution is 2.33. The van der Waals surface area contributed by atoms with Crippen molar-refractivity contribution in [2.24, 2.45) is 0 Å². The Morgan fingerprint density at radius 3 is 2.35 bits per heavy atom. The minimum Gasteiger partial charge on any atom is -0.489 e. The van der Waals surface area contributed by atoms with Crippen LogP contribution in [0.5, 0.6) is 5.75 Å². The highest BCUT2D eigenvalue weighted by atomic mass is 16.5. The Morgan fingerprint density at radius 1 is 1.05 bits per heavy atom. The molecule has 0 radical (unpaired) electrons. The van der Waals surface area contributed by atoms with Gasteiger partial charge in [-0.3, -0.25) is 0 Å². The van der Waals surface area contributed by atoms with Gasteiger partial charge in [-0.05, 0) is 29.7 Å². The number of rotatable bonds is 5. The molecule has 0 aliphatic carbocycles. The van der Waals surface area contributed by atoms with E-state index in [0.29, 0.717) is 6.61 Å². The molecule has 0 amide bonds. The van der Waals surface area contributed by atoms with Gasteiger partial charge in [0, 0.05) is 5.41 Å². The second-order valence-electron chi connectivity index (χ2n) is 5.57. The molecule has 0 N–H and O–H groups in total. The van der Waals surface area contributed by atoms with Gasteiger partial charge < -0.3 is 4.74 Å². The minimum atomic E-state index is -0.0109. The Bertz CT molecular complexity index is 582. The van der Waals surface area contributed by atoms with Crippen LogP contribution >= 0.6 is 0 Å². The minimum absolute atomic E-state index is 0.0109. The fourth-order valence-corrected chi connectivity index (χ4v) is 2.37. The second-order valence-corrected chi connectivity index (χ2v) is 5.57. The van der Waals surface area contributed by atoms with Crippen LogP contribution in [0, 0.1) is 6.92 Å². The van der Waals surface area contributed by atoms with E-state index in [-0.39, 0.29) is 5.41 Å². The molecule has 1 heteroatoms. The lowest BCUT2D eigenvalue weighted by Crippen LogP contribution is -2.19. The second kappa shape index (κ2) is 5.96. The Morgan fingerprint density at radius 2 is 1.75 bits per heavy atom. The maximum atomic E-state index is 5.64. The molecule has 0 aliphatic heterocycles. The van der Waals surface area contributed by atoms with Gasteiger partial charge in [0.15, 0.2) is 0 Å². The van der Waals surface area contributed by atoms with Gasteiger partial charge in [-0.1, -0.05) is 69.0 Å². The lowest BCUT2D eigenvalue weighted by atomic mass is 9.78. The van der Waals surface area contributed by atoms with Crippen LogP contribution in [0.15, 0.2) is 61.2 Å². The van der Waals surface area contributed by atoms with Crippen LogP contribution in [0.1, 0.15) is 30.5 Å². The fourth-order valence-electron chi connectivity index (χ4n) is 2.37. The lowest BCUT2D eigenvalue weighted by Gasteiger charge is -2.27. The molecule has 0 unspecified atom stereocenters. The van der Waals surface area contributed by atoms with Crippen LogP contribution in [-0.2, 0) is 5.41 Å². The summed E-state index contributed by atoms with van der Waals surface area (Å²) in [5.74, 6) is 0.928. The summed E-state index contributed by atoms with van der Waals surface area (Å²) in [6.45, 7) is 10.8. The predicted octanol–water partition coefficient (Wildman–Crippen LogP) is 4.89. The Balaban J connectivity index is 2.33. The van der Waals surface area contributed by atoms with E-state index in [2.05, 4.69) is 75.9 Å². The van der Waals surface area contributed by atoms with Crippen LogP contribution in [0.3, 0.4) is 0 Å². The van der Waals surface area contributed by atoms with Crippen LogP contribution < -0.4 is 4.74 Å². The number of aryl methyl sites for hydroxylation is 1. The first-order valence-corrected chi connectivity index (χ1v) is 6.96. The van der Waals surface area contributed by atoms with E-state index in [4.69, 9.17) is 4.74 Å². The zero-order chi connectivity index (χ0) is 14.6. The van der Waals surface area contributed by atoms with Crippen molar-refractivity contribution in [3.05, 3.63) is 77.9 Å². The molecular formula is C19H22O. The average molecular weight is 266 g/mol. The highest BCUT2D eigenvalue weighted by molar-refractivity contribution is 5.43. The topological polar surface area (TPSA) is 9.23 Å². The smallest absolute Gasteiger partial charge is 0.122 e. The van der Waals surface area contributed by atoms with Gasteiger partial charge in [0.25, 0.3) is 0 Å². The molecule has 104 valence electrons. The Hall–Kier alpha value is -2.02. The van der Waals surface area contributed by atoms with E-state index in [1.54, 1.807) is 6.08 Å². The number of benzene rings is 2. The molecular weight excluding hydrogens is 244 g/mol. The molecule has 0 spiro atoms. The van der Waals surface area contributed by atoms with Gasteiger partial charge in [-0.15, -0.1) is 0 Å². The molecule has 0 saturated heterocycles. The quantitative estimate of drug-likeness (QED) is 0.700. The van der Waals surface area contributed by atoms with Crippen molar-refractivity contribution >= 4 is 0 Å². The standard InChI is InChI=1S/C19H22O/c1-5-13-20-18-12-11-17(14-15(18)2)19(3,4)16-9-7-6-8-10-16/h5-12,14H,1,13H2,2-4H3. The summed E-state index contributed by atoms with van der Waals surface area (Å²) in [4.78, 5) is 0. The highest BCUT2D eigenvalue weighted by Gasteiger charge is 2.23. The summed E-state index contributed by atoms with van der Waals surface area (Å²) < 4.78 is 5.64. The predicted molar refractivity (Wildman–Crippen MR) is 85.4 cm³/mol. The third-order valence-corrected chi connectivity index (χ3v) is 3.75. The zero-order valence-electron chi connectivity index (χ0n) is 12.5. The SMILES string of the molecule is C=CCOc1ccc(C(C)(C)c2ccccc2)cc1C. The average Bonchev–Trinajstić information content (AvgIpc) is 2.47. The van der Waals surface area contributed by atoms with Crippen molar-refractivity contribution in [2.45, 2.75) is 26.2 Å². The molecule has 2 rings (SSSR count). The monoisotopic (exact) mass is 266 g/mol. The normalized spacial score (nSPS) is 11.2. The first-order valence-electron chi connectivity index (χ1n) is 6.96. The van der Waals surface area contributed by atoms with E-state index >= 15 is 0 Å². The Kier molecular flexibility index (Phi) is 4.29. The van der Waals surface area contributed by atoms with Gasteiger partial charge in [-0.2, -0.15) is 0 Å². The van der Waals surface area contributed by atoms with E-state index in [0.717, 1.165) is 11.3 Å². The maximum Gasteiger partial charge on any atom is 0.122 e. The summed E-state index contributed by atoms with van der Waals surface area (Å²) in [6, 6.07) is 17.0. The van der Waals surface area contributed by atoms with Gasteiger partial charge in [0.05, 0.1) is 0 Å². The first-order chi connectivity index (χ1) is 9.55. The van der Waals surface area contributed by atoms with Crippen LogP contribution in [-0.4, -0.2) is 6.61 Å². The van der Waals surface area contributed by atoms with Crippen molar-refractivity contribution < 1.29 is 4.74 Å². The molecule has 0 heterocycles. The molecule has 0 aliphatic rings. The molecule has 1 nitrogen and oxygen atoms in total. The molecule has 20 heavy (non-hydrogen) atoms. The summed E-state index contributed by atoms with van der Waals surface area (Å²) in [6.07, 6.45) is 1.77. The van der Waals surface area contributed by atoms with Gasteiger partial charge in [0.1, 0.15) is 12.4 Å². The third kappa shape index (κ3) is 2.93. The number of hydrogen-bond acceptors (Lipinski definition) is 1. The largest absolute Gasteiger partial charge is 0.489 e. The molecule has 0 fully saturated rings. The molecule has 0 saturated carbocycles. The van der Waals surface area contributed by atoms with Gasteiger partial charge in [-0.25, -0.2) is 0 Å².